The Bertz CT molecular complexity index is 475. The molecule has 17 heavy (non-hydrogen) atoms. The van der Waals surface area contributed by atoms with Crippen molar-refractivity contribution in [1.82, 2.24) is 10.5 Å². The Kier molecular flexibility index (Phi) is 3.56. The van der Waals surface area contributed by atoms with Gasteiger partial charge in [-0.3, -0.25) is 0 Å². The molecule has 0 unspecified atom stereocenters. The van der Waals surface area contributed by atoms with Gasteiger partial charge in [-0.2, -0.15) is 0 Å². The van der Waals surface area contributed by atoms with Gasteiger partial charge in [0, 0.05) is 19.0 Å². The van der Waals surface area contributed by atoms with Gasteiger partial charge in [0.1, 0.15) is 5.76 Å². The highest BCUT2D eigenvalue weighted by Crippen LogP contribution is 2.03. The van der Waals surface area contributed by atoms with Crippen molar-refractivity contribution in [2.24, 2.45) is 0 Å². The van der Waals surface area contributed by atoms with E-state index in [0.29, 0.717) is 12.3 Å². The zero-order valence-electron chi connectivity index (χ0n) is 9.05. The molecule has 0 bridgehead atoms. The van der Waals surface area contributed by atoms with Crippen LogP contribution in [0.5, 0.6) is 0 Å². The van der Waals surface area contributed by atoms with Crippen molar-refractivity contribution >= 4 is 5.97 Å². The van der Waals surface area contributed by atoms with E-state index in [1.807, 2.05) is 12.1 Å². The molecule has 0 radical (unpaired) electrons. The Labute approximate surface area is 97.2 Å². The second-order valence-corrected chi connectivity index (χ2v) is 3.49. The predicted octanol–water partition coefficient (Wildman–Crippen LogP) is 1.30. The lowest BCUT2D eigenvalue weighted by Gasteiger charge is -1.99. The van der Waals surface area contributed by atoms with Gasteiger partial charge in [0.15, 0.2) is 11.5 Å². The molecule has 0 aromatic carbocycles. The summed E-state index contributed by atoms with van der Waals surface area (Å²) in [6, 6.07) is 5.14. The number of aromatic nitrogens is 1. The zero-order chi connectivity index (χ0) is 12.1. The minimum absolute atomic E-state index is 0.0761. The lowest BCUT2D eigenvalue weighted by molar-refractivity contribution is 0.0685. The third-order valence-electron chi connectivity index (χ3n) is 2.21. The lowest BCUT2D eigenvalue weighted by Crippen LogP contribution is -2.16. The molecule has 2 rings (SSSR count). The lowest BCUT2D eigenvalue weighted by atomic mass is 10.3. The van der Waals surface area contributed by atoms with Gasteiger partial charge in [-0.1, -0.05) is 5.16 Å². The average molecular weight is 236 g/mol. The molecular formula is C11H12N2O4. The molecule has 2 heterocycles. The van der Waals surface area contributed by atoms with Crippen LogP contribution < -0.4 is 5.32 Å². The van der Waals surface area contributed by atoms with Crippen LogP contribution in [0.15, 0.2) is 33.4 Å². The van der Waals surface area contributed by atoms with Crippen molar-refractivity contribution in [3.63, 3.8) is 0 Å². The summed E-state index contributed by atoms with van der Waals surface area (Å²) in [6.07, 6.45) is 2.40. The van der Waals surface area contributed by atoms with E-state index in [9.17, 15) is 4.79 Å². The minimum Gasteiger partial charge on any atom is -0.476 e. The van der Waals surface area contributed by atoms with E-state index in [4.69, 9.17) is 14.0 Å². The molecule has 0 amide bonds. The minimum atomic E-state index is -1.09. The largest absolute Gasteiger partial charge is 0.476 e. The molecule has 0 aliphatic rings. The molecule has 2 aromatic rings. The van der Waals surface area contributed by atoms with E-state index < -0.39 is 5.97 Å². The van der Waals surface area contributed by atoms with E-state index >= 15 is 0 Å². The van der Waals surface area contributed by atoms with E-state index in [0.717, 1.165) is 18.7 Å². The molecule has 0 saturated carbocycles. The van der Waals surface area contributed by atoms with Crippen molar-refractivity contribution < 1.29 is 18.8 Å². The molecule has 0 saturated heterocycles. The maximum atomic E-state index is 10.5. The SMILES string of the molecule is O=C(O)c1cc(CNCCc2ccco2)on1. The fourth-order valence-corrected chi connectivity index (χ4v) is 1.38. The normalized spacial score (nSPS) is 10.6. The number of furan rings is 1. The highest BCUT2D eigenvalue weighted by atomic mass is 16.5. The average Bonchev–Trinajstić information content (AvgIpc) is 2.96. The van der Waals surface area contributed by atoms with Crippen LogP contribution in [-0.4, -0.2) is 22.8 Å². The van der Waals surface area contributed by atoms with Gasteiger partial charge < -0.3 is 19.4 Å². The fraction of sp³-hybridized carbons (Fsp3) is 0.273. The van der Waals surface area contributed by atoms with E-state index in [1.54, 1.807) is 6.26 Å². The summed E-state index contributed by atoms with van der Waals surface area (Å²) in [5.74, 6) is 0.318. The van der Waals surface area contributed by atoms with Crippen LogP contribution in [0, 0.1) is 0 Å². The number of carboxylic acids is 1. The summed E-state index contributed by atoms with van der Waals surface area (Å²) in [7, 11) is 0. The summed E-state index contributed by atoms with van der Waals surface area (Å²) in [5.41, 5.74) is -0.0761. The number of hydrogen-bond acceptors (Lipinski definition) is 5. The second-order valence-electron chi connectivity index (χ2n) is 3.49. The zero-order valence-corrected chi connectivity index (χ0v) is 9.05. The Morgan fingerprint density at radius 2 is 2.35 bits per heavy atom. The predicted molar refractivity (Wildman–Crippen MR) is 57.6 cm³/mol. The maximum absolute atomic E-state index is 10.5. The number of rotatable bonds is 6. The monoisotopic (exact) mass is 236 g/mol. The number of hydrogen-bond donors (Lipinski definition) is 2. The van der Waals surface area contributed by atoms with Crippen molar-refractivity contribution in [2.75, 3.05) is 6.54 Å². The summed E-state index contributed by atoms with van der Waals surface area (Å²) >= 11 is 0. The Morgan fingerprint density at radius 1 is 1.47 bits per heavy atom. The van der Waals surface area contributed by atoms with Crippen LogP contribution in [0.3, 0.4) is 0 Å². The Hall–Kier alpha value is -2.08. The van der Waals surface area contributed by atoms with Crippen LogP contribution in [0.4, 0.5) is 0 Å². The van der Waals surface area contributed by atoms with Crippen molar-refractivity contribution in [2.45, 2.75) is 13.0 Å². The van der Waals surface area contributed by atoms with Gasteiger partial charge in [0.05, 0.1) is 12.8 Å². The first-order valence-corrected chi connectivity index (χ1v) is 5.17. The van der Waals surface area contributed by atoms with Crippen molar-refractivity contribution in [3.05, 3.63) is 41.7 Å². The molecule has 0 aliphatic heterocycles. The number of carboxylic acid groups (broad SMARTS) is 1. The maximum Gasteiger partial charge on any atom is 0.358 e. The van der Waals surface area contributed by atoms with E-state index in [-0.39, 0.29) is 5.69 Å². The number of aromatic carboxylic acids is 1. The summed E-state index contributed by atoms with van der Waals surface area (Å²) in [6.45, 7) is 1.16. The van der Waals surface area contributed by atoms with Crippen LogP contribution in [0.2, 0.25) is 0 Å². The molecule has 0 fully saturated rings. The van der Waals surface area contributed by atoms with Gasteiger partial charge in [-0.25, -0.2) is 4.79 Å². The smallest absolute Gasteiger partial charge is 0.358 e. The third kappa shape index (κ3) is 3.18. The topological polar surface area (TPSA) is 88.5 Å². The molecule has 6 heteroatoms. The Morgan fingerprint density at radius 3 is 3.00 bits per heavy atom. The summed E-state index contributed by atoms with van der Waals surface area (Å²) in [4.78, 5) is 10.5. The van der Waals surface area contributed by atoms with Gasteiger partial charge in [0.2, 0.25) is 0 Å². The first-order valence-electron chi connectivity index (χ1n) is 5.17. The second kappa shape index (κ2) is 5.31. The van der Waals surface area contributed by atoms with Gasteiger partial charge in [-0.05, 0) is 12.1 Å². The van der Waals surface area contributed by atoms with Gasteiger partial charge in [-0.15, -0.1) is 0 Å². The van der Waals surface area contributed by atoms with Gasteiger partial charge in [0.25, 0.3) is 0 Å². The first kappa shape index (κ1) is 11.4. The Balaban J connectivity index is 1.72. The highest BCUT2D eigenvalue weighted by molar-refractivity contribution is 5.85. The first-order chi connectivity index (χ1) is 8.25. The van der Waals surface area contributed by atoms with E-state index in [2.05, 4.69) is 10.5 Å². The van der Waals surface area contributed by atoms with Crippen LogP contribution >= 0.6 is 0 Å². The summed E-state index contributed by atoms with van der Waals surface area (Å²) in [5, 5.41) is 15.2. The summed E-state index contributed by atoms with van der Waals surface area (Å²) < 4.78 is 10.0. The quantitative estimate of drug-likeness (QED) is 0.735. The molecule has 0 aliphatic carbocycles. The number of nitrogens with zero attached hydrogens (tertiary/aromatic N) is 1. The molecule has 2 N–H and O–H groups in total. The van der Waals surface area contributed by atoms with Crippen molar-refractivity contribution in [1.29, 1.82) is 0 Å². The van der Waals surface area contributed by atoms with Crippen molar-refractivity contribution in [3.8, 4) is 0 Å². The van der Waals surface area contributed by atoms with Crippen LogP contribution in [0.1, 0.15) is 22.0 Å². The molecule has 0 atom stereocenters. The molecular weight excluding hydrogens is 224 g/mol. The van der Waals surface area contributed by atoms with Crippen LogP contribution in [-0.2, 0) is 13.0 Å². The number of nitrogens with one attached hydrogen (secondary N) is 1. The van der Waals surface area contributed by atoms with E-state index in [1.165, 1.54) is 6.07 Å². The van der Waals surface area contributed by atoms with Crippen LogP contribution in [0.25, 0.3) is 0 Å². The molecule has 90 valence electrons. The standard InChI is InChI=1S/C11H12N2O4/c14-11(15)10-6-9(17-13-10)7-12-4-3-8-2-1-5-16-8/h1-2,5-6,12H,3-4,7H2,(H,14,15). The molecule has 2 aromatic heterocycles. The molecule has 0 spiro atoms. The molecule has 6 nitrogen and oxygen atoms in total. The number of carbonyl (C=O) groups is 1. The third-order valence-corrected chi connectivity index (χ3v) is 2.21. The fourth-order valence-electron chi connectivity index (χ4n) is 1.38. The van der Waals surface area contributed by atoms with Gasteiger partial charge >= 0.3 is 5.97 Å². The highest BCUT2D eigenvalue weighted by Gasteiger charge is 2.09.